The predicted molar refractivity (Wildman–Crippen MR) is 44.8 cm³/mol. The maximum Gasteiger partial charge on any atom is -0.00490 e. The summed E-state index contributed by atoms with van der Waals surface area (Å²) in [4.78, 5) is 0. The molecule has 0 amide bonds. The molecule has 10 heavy (non-hydrogen) atoms. The van der Waals surface area contributed by atoms with Gasteiger partial charge in [0.1, 0.15) is 0 Å². The first-order valence-corrected chi connectivity index (χ1v) is 4.56. The number of hydrogen-bond acceptors (Lipinski definition) is 1. The van der Waals surface area contributed by atoms with E-state index in [1.54, 1.807) is 0 Å². The van der Waals surface area contributed by atoms with Crippen molar-refractivity contribution in [2.75, 3.05) is 6.54 Å². The Morgan fingerprint density at radius 2 is 2.20 bits per heavy atom. The average molecular weight is 141 g/mol. The molecule has 0 unspecified atom stereocenters. The third-order valence-electron chi connectivity index (χ3n) is 2.59. The highest BCUT2D eigenvalue weighted by Gasteiger charge is 2.21. The van der Waals surface area contributed by atoms with E-state index in [9.17, 15) is 0 Å². The first-order chi connectivity index (χ1) is 4.86. The van der Waals surface area contributed by atoms with Gasteiger partial charge in [-0.25, -0.2) is 0 Å². The van der Waals surface area contributed by atoms with Gasteiger partial charge in [0.25, 0.3) is 0 Å². The molecule has 1 aliphatic carbocycles. The molecule has 1 rings (SSSR count). The second kappa shape index (κ2) is 3.97. The van der Waals surface area contributed by atoms with Crippen LogP contribution in [0.5, 0.6) is 0 Å². The lowest BCUT2D eigenvalue weighted by molar-refractivity contribution is 0.449. The van der Waals surface area contributed by atoms with Gasteiger partial charge < -0.3 is 5.73 Å². The van der Waals surface area contributed by atoms with Crippen molar-refractivity contribution in [3.05, 3.63) is 0 Å². The van der Waals surface area contributed by atoms with Crippen molar-refractivity contribution in [1.82, 2.24) is 0 Å². The van der Waals surface area contributed by atoms with Gasteiger partial charge in [0.2, 0.25) is 0 Å². The molecule has 1 nitrogen and oxygen atoms in total. The fraction of sp³-hybridized carbons (Fsp3) is 1.00. The molecule has 0 bridgehead atoms. The van der Waals surface area contributed by atoms with Crippen molar-refractivity contribution in [2.24, 2.45) is 17.6 Å². The van der Waals surface area contributed by atoms with Crippen LogP contribution in [-0.2, 0) is 0 Å². The van der Waals surface area contributed by atoms with Crippen LogP contribution < -0.4 is 5.73 Å². The molecule has 0 aromatic carbocycles. The largest absolute Gasteiger partial charge is 0.330 e. The van der Waals surface area contributed by atoms with Crippen molar-refractivity contribution in [3.8, 4) is 0 Å². The van der Waals surface area contributed by atoms with Crippen LogP contribution in [0.1, 0.15) is 39.0 Å². The maximum atomic E-state index is 5.59. The molecule has 1 aliphatic rings. The molecule has 0 spiro atoms. The molecule has 0 aromatic rings. The summed E-state index contributed by atoms with van der Waals surface area (Å²) in [5.74, 6) is 1.89. The van der Waals surface area contributed by atoms with Gasteiger partial charge in [0.05, 0.1) is 0 Å². The van der Waals surface area contributed by atoms with Crippen molar-refractivity contribution in [2.45, 2.75) is 39.0 Å². The highest BCUT2D eigenvalue weighted by Crippen LogP contribution is 2.34. The zero-order valence-electron chi connectivity index (χ0n) is 6.97. The highest BCUT2D eigenvalue weighted by atomic mass is 14.5. The van der Waals surface area contributed by atoms with E-state index in [1.807, 2.05) is 0 Å². The quantitative estimate of drug-likeness (QED) is 0.624. The van der Waals surface area contributed by atoms with Crippen molar-refractivity contribution in [1.29, 1.82) is 0 Å². The Labute approximate surface area is 64.0 Å². The van der Waals surface area contributed by atoms with Crippen molar-refractivity contribution < 1.29 is 0 Å². The zero-order chi connectivity index (χ0) is 7.40. The average Bonchev–Trinajstić information content (AvgIpc) is 2.74. The van der Waals surface area contributed by atoms with Gasteiger partial charge in [0, 0.05) is 0 Å². The van der Waals surface area contributed by atoms with Crippen LogP contribution >= 0.6 is 0 Å². The Morgan fingerprint density at radius 1 is 1.50 bits per heavy atom. The summed E-state index contributed by atoms with van der Waals surface area (Å²) in [7, 11) is 0. The molecular weight excluding hydrogens is 122 g/mol. The molecule has 0 heterocycles. The van der Waals surface area contributed by atoms with E-state index in [-0.39, 0.29) is 0 Å². The van der Waals surface area contributed by atoms with E-state index < -0.39 is 0 Å². The molecule has 0 aliphatic heterocycles. The van der Waals surface area contributed by atoms with Gasteiger partial charge in [-0.3, -0.25) is 0 Å². The van der Waals surface area contributed by atoms with Crippen LogP contribution in [0, 0.1) is 11.8 Å². The molecule has 1 atom stereocenters. The normalized spacial score (nSPS) is 21.0. The van der Waals surface area contributed by atoms with Gasteiger partial charge >= 0.3 is 0 Å². The molecule has 60 valence electrons. The molecular formula is C9H19N. The van der Waals surface area contributed by atoms with E-state index in [4.69, 9.17) is 5.73 Å². The van der Waals surface area contributed by atoms with E-state index in [1.165, 1.54) is 32.1 Å². The summed E-state index contributed by atoms with van der Waals surface area (Å²) in [6.07, 6.45) is 7.05. The van der Waals surface area contributed by atoms with Crippen LogP contribution in [0.4, 0.5) is 0 Å². The second-order valence-corrected chi connectivity index (χ2v) is 3.53. The number of nitrogens with two attached hydrogens (primary N) is 1. The van der Waals surface area contributed by atoms with Crippen molar-refractivity contribution in [3.63, 3.8) is 0 Å². The molecule has 0 saturated heterocycles. The standard InChI is InChI=1S/C9H19N/c1-2-8(7-10)3-4-9-5-6-9/h8-9H,2-7,10H2,1H3/t8-/m0/s1. The molecule has 2 N–H and O–H groups in total. The first-order valence-electron chi connectivity index (χ1n) is 4.56. The van der Waals surface area contributed by atoms with Gasteiger partial charge in [-0.1, -0.05) is 32.6 Å². The second-order valence-electron chi connectivity index (χ2n) is 3.53. The number of rotatable bonds is 5. The summed E-state index contributed by atoms with van der Waals surface area (Å²) in [5, 5.41) is 0. The topological polar surface area (TPSA) is 26.0 Å². The first kappa shape index (κ1) is 8.06. The van der Waals surface area contributed by atoms with Crippen molar-refractivity contribution >= 4 is 0 Å². The Hall–Kier alpha value is -0.0400. The summed E-state index contributed by atoms with van der Waals surface area (Å²) in [5.41, 5.74) is 5.59. The maximum absolute atomic E-state index is 5.59. The zero-order valence-corrected chi connectivity index (χ0v) is 6.97. The summed E-state index contributed by atoms with van der Waals surface area (Å²) >= 11 is 0. The molecule has 0 radical (unpaired) electrons. The molecule has 1 heteroatoms. The van der Waals surface area contributed by atoms with E-state index in [0.29, 0.717) is 0 Å². The summed E-state index contributed by atoms with van der Waals surface area (Å²) in [6, 6.07) is 0. The third-order valence-corrected chi connectivity index (χ3v) is 2.59. The molecule has 1 fully saturated rings. The minimum atomic E-state index is 0.806. The van der Waals surface area contributed by atoms with E-state index in [2.05, 4.69) is 6.92 Å². The van der Waals surface area contributed by atoms with E-state index >= 15 is 0 Å². The van der Waals surface area contributed by atoms with Gasteiger partial charge in [-0.2, -0.15) is 0 Å². The third kappa shape index (κ3) is 2.70. The predicted octanol–water partition coefficient (Wildman–Crippen LogP) is 2.16. The Balaban J connectivity index is 1.97. The van der Waals surface area contributed by atoms with Gasteiger partial charge in [-0.15, -0.1) is 0 Å². The lowest BCUT2D eigenvalue weighted by Gasteiger charge is -2.10. The lowest BCUT2D eigenvalue weighted by Crippen LogP contribution is -2.13. The fourth-order valence-electron chi connectivity index (χ4n) is 1.37. The molecule has 0 aromatic heterocycles. The van der Waals surface area contributed by atoms with Crippen LogP contribution in [0.25, 0.3) is 0 Å². The molecule has 1 saturated carbocycles. The fourth-order valence-corrected chi connectivity index (χ4v) is 1.37. The minimum Gasteiger partial charge on any atom is -0.330 e. The monoisotopic (exact) mass is 141 g/mol. The summed E-state index contributed by atoms with van der Waals surface area (Å²) in [6.45, 7) is 3.13. The van der Waals surface area contributed by atoms with Gasteiger partial charge in [-0.05, 0) is 24.8 Å². The SMILES string of the molecule is CC[C@H](CN)CCC1CC1. The van der Waals surface area contributed by atoms with Crippen LogP contribution in [0.3, 0.4) is 0 Å². The smallest absolute Gasteiger partial charge is 0.00490 e. The summed E-state index contributed by atoms with van der Waals surface area (Å²) < 4.78 is 0. The Kier molecular flexibility index (Phi) is 3.20. The van der Waals surface area contributed by atoms with Crippen LogP contribution in [0.15, 0.2) is 0 Å². The van der Waals surface area contributed by atoms with Crippen LogP contribution in [0.2, 0.25) is 0 Å². The Bertz CT molecular complexity index is 82.7. The Morgan fingerprint density at radius 3 is 2.60 bits per heavy atom. The lowest BCUT2D eigenvalue weighted by atomic mass is 9.99. The van der Waals surface area contributed by atoms with Gasteiger partial charge in [0.15, 0.2) is 0 Å². The minimum absolute atomic E-state index is 0.806. The highest BCUT2D eigenvalue weighted by molar-refractivity contribution is 4.74. The van der Waals surface area contributed by atoms with Crippen LogP contribution in [-0.4, -0.2) is 6.54 Å². The van der Waals surface area contributed by atoms with E-state index in [0.717, 1.165) is 18.4 Å². The number of hydrogen-bond donors (Lipinski definition) is 1.